The predicted octanol–water partition coefficient (Wildman–Crippen LogP) is 4.58. The summed E-state index contributed by atoms with van der Waals surface area (Å²) in [7, 11) is 0. The van der Waals surface area contributed by atoms with Gasteiger partial charge in [0.25, 0.3) is 0 Å². The van der Waals surface area contributed by atoms with Gasteiger partial charge in [0.15, 0.2) is 0 Å². The number of benzene rings is 2. The molecule has 1 atom stereocenters. The molecule has 156 valence electrons. The minimum atomic E-state index is -0.0552. The summed E-state index contributed by atoms with van der Waals surface area (Å²) in [6.07, 6.45) is 1.02. The number of aromatic nitrogens is 3. The molecule has 0 aliphatic rings. The quantitative estimate of drug-likeness (QED) is 0.463. The Morgan fingerprint density at radius 1 is 1.07 bits per heavy atom. The minimum Gasteiger partial charge on any atom is -0.368 e. The van der Waals surface area contributed by atoms with Gasteiger partial charge >= 0.3 is 0 Å². The van der Waals surface area contributed by atoms with Crippen molar-refractivity contribution in [1.29, 1.82) is 0 Å². The number of carbonyl (C=O) groups is 1. The molecule has 2 aromatic carbocycles. The lowest BCUT2D eigenvalue weighted by atomic mass is 9.97. The van der Waals surface area contributed by atoms with E-state index in [1.54, 1.807) is 0 Å². The van der Waals surface area contributed by atoms with E-state index in [1.807, 2.05) is 48.5 Å². The van der Waals surface area contributed by atoms with Gasteiger partial charge in [-0.25, -0.2) is 0 Å². The van der Waals surface area contributed by atoms with Crippen molar-refractivity contribution < 1.29 is 4.79 Å². The van der Waals surface area contributed by atoms with Crippen LogP contribution in [-0.2, 0) is 10.5 Å². The van der Waals surface area contributed by atoms with E-state index >= 15 is 0 Å². The van der Waals surface area contributed by atoms with Crippen molar-refractivity contribution in [3.8, 4) is 0 Å². The second kappa shape index (κ2) is 10.6. The third kappa shape index (κ3) is 6.18. The average molecular weight is 423 g/mol. The van der Waals surface area contributed by atoms with Crippen LogP contribution in [0, 0.1) is 0 Å². The van der Waals surface area contributed by atoms with E-state index in [1.165, 1.54) is 11.8 Å². The number of hydrogen-bond acceptors (Lipinski definition) is 7. The van der Waals surface area contributed by atoms with Crippen LogP contribution >= 0.6 is 11.8 Å². The molecule has 3 rings (SSSR count). The highest BCUT2D eigenvalue weighted by Crippen LogP contribution is 2.26. The second-order valence-corrected chi connectivity index (χ2v) is 7.85. The molecular weight excluding hydrogens is 396 g/mol. The summed E-state index contributed by atoms with van der Waals surface area (Å²) in [6.45, 7) is 4.30. The number of anilines is 4. The number of hydrogen-bond donors (Lipinski definition) is 3. The van der Waals surface area contributed by atoms with Crippen LogP contribution in [0.5, 0.6) is 0 Å². The van der Waals surface area contributed by atoms with E-state index < -0.39 is 0 Å². The maximum Gasteiger partial charge on any atom is 0.234 e. The maximum atomic E-state index is 12.4. The number of rotatable bonds is 9. The van der Waals surface area contributed by atoms with Crippen LogP contribution in [0.15, 0.2) is 54.6 Å². The van der Waals surface area contributed by atoms with Crippen molar-refractivity contribution in [3.05, 3.63) is 66.0 Å². The van der Waals surface area contributed by atoms with Crippen LogP contribution in [0.25, 0.3) is 0 Å². The third-order valence-corrected chi connectivity index (χ3v) is 5.50. The van der Waals surface area contributed by atoms with Crippen molar-refractivity contribution >= 4 is 40.9 Å². The van der Waals surface area contributed by atoms with Crippen LogP contribution in [0.1, 0.15) is 37.6 Å². The number of nitrogens with one attached hydrogen (secondary N) is 2. The van der Waals surface area contributed by atoms with E-state index in [4.69, 9.17) is 5.73 Å². The van der Waals surface area contributed by atoms with Gasteiger partial charge in [-0.05, 0) is 36.1 Å². The van der Waals surface area contributed by atoms with E-state index in [-0.39, 0.29) is 11.9 Å². The Morgan fingerprint density at radius 3 is 2.57 bits per heavy atom. The van der Waals surface area contributed by atoms with E-state index in [2.05, 4.69) is 45.5 Å². The summed E-state index contributed by atoms with van der Waals surface area (Å²) in [5.41, 5.74) is 8.70. The topological polar surface area (TPSA) is 106 Å². The van der Waals surface area contributed by atoms with E-state index in [0.29, 0.717) is 29.2 Å². The van der Waals surface area contributed by atoms with Crippen LogP contribution in [0.3, 0.4) is 0 Å². The van der Waals surface area contributed by atoms with Gasteiger partial charge in [0.1, 0.15) is 5.82 Å². The van der Waals surface area contributed by atoms with Crippen LogP contribution < -0.4 is 16.4 Å². The molecule has 0 spiro atoms. The zero-order valence-corrected chi connectivity index (χ0v) is 17.9. The Bertz CT molecular complexity index is 982. The van der Waals surface area contributed by atoms with E-state index in [0.717, 1.165) is 23.4 Å². The molecule has 0 unspecified atom stereocenters. The average Bonchev–Trinajstić information content (AvgIpc) is 2.74. The molecule has 3 aromatic rings. The Hall–Kier alpha value is -3.13. The first-order chi connectivity index (χ1) is 14.5. The SMILES string of the molecule is CC[C@@H](C)c1ccccc1NC(=O)CSCc1nc(N)nc(Nc2ccccc2)n1. The first-order valence-electron chi connectivity index (χ1n) is 9.84. The molecule has 4 N–H and O–H groups in total. The smallest absolute Gasteiger partial charge is 0.234 e. The number of carbonyl (C=O) groups excluding carboxylic acids is 1. The van der Waals surface area contributed by atoms with Crippen molar-refractivity contribution in [1.82, 2.24) is 15.0 Å². The van der Waals surface area contributed by atoms with Crippen molar-refractivity contribution in [2.75, 3.05) is 22.1 Å². The van der Waals surface area contributed by atoms with Gasteiger partial charge in [0, 0.05) is 11.4 Å². The predicted molar refractivity (Wildman–Crippen MR) is 124 cm³/mol. The minimum absolute atomic E-state index is 0.0552. The lowest BCUT2D eigenvalue weighted by molar-refractivity contribution is -0.113. The Kier molecular flexibility index (Phi) is 7.62. The number of nitrogen functional groups attached to an aromatic ring is 1. The van der Waals surface area contributed by atoms with Crippen molar-refractivity contribution in [3.63, 3.8) is 0 Å². The molecule has 0 radical (unpaired) electrons. The summed E-state index contributed by atoms with van der Waals surface area (Å²) < 4.78 is 0. The fourth-order valence-electron chi connectivity index (χ4n) is 2.89. The van der Waals surface area contributed by atoms with E-state index in [9.17, 15) is 4.79 Å². The first kappa shape index (κ1) is 21.6. The van der Waals surface area contributed by atoms with Gasteiger partial charge in [0.05, 0.1) is 11.5 Å². The Balaban J connectivity index is 1.56. The number of nitrogens with zero attached hydrogens (tertiary/aromatic N) is 3. The number of nitrogens with two attached hydrogens (primary N) is 1. The summed E-state index contributed by atoms with van der Waals surface area (Å²) >= 11 is 1.43. The molecule has 0 fully saturated rings. The van der Waals surface area contributed by atoms with Gasteiger partial charge in [-0.3, -0.25) is 4.79 Å². The summed E-state index contributed by atoms with van der Waals surface area (Å²) in [4.78, 5) is 25.1. The van der Waals surface area contributed by atoms with Crippen LogP contribution in [0.4, 0.5) is 23.3 Å². The molecule has 0 aliphatic carbocycles. The molecule has 0 bridgehead atoms. The van der Waals surface area contributed by atoms with Gasteiger partial charge in [-0.15, -0.1) is 11.8 Å². The fraction of sp³-hybridized carbons (Fsp3) is 0.273. The Morgan fingerprint density at radius 2 is 1.80 bits per heavy atom. The lowest BCUT2D eigenvalue weighted by Crippen LogP contribution is -2.16. The molecule has 1 amide bonds. The lowest BCUT2D eigenvalue weighted by Gasteiger charge is -2.15. The molecule has 30 heavy (non-hydrogen) atoms. The number of para-hydroxylation sites is 2. The maximum absolute atomic E-state index is 12.4. The number of thioether (sulfide) groups is 1. The third-order valence-electron chi connectivity index (χ3n) is 4.57. The van der Waals surface area contributed by atoms with Crippen LogP contribution in [-0.4, -0.2) is 26.6 Å². The molecule has 1 heterocycles. The fourth-order valence-corrected chi connectivity index (χ4v) is 3.56. The standard InChI is InChI=1S/C22H26N6OS/c1-3-15(2)17-11-7-8-12-18(17)25-20(29)14-30-13-19-26-21(23)28-22(27-19)24-16-9-5-4-6-10-16/h4-12,15H,3,13-14H2,1-2H3,(H,25,29)(H3,23,24,26,27,28)/t15-/m1/s1. The molecule has 8 heteroatoms. The second-order valence-electron chi connectivity index (χ2n) is 6.86. The largest absolute Gasteiger partial charge is 0.368 e. The van der Waals surface area contributed by atoms with Crippen LogP contribution in [0.2, 0.25) is 0 Å². The van der Waals surface area contributed by atoms with Crippen molar-refractivity contribution in [2.24, 2.45) is 0 Å². The zero-order chi connectivity index (χ0) is 21.3. The molecule has 0 aliphatic heterocycles. The summed E-state index contributed by atoms with van der Waals surface area (Å²) in [5.74, 6) is 2.14. The molecule has 7 nitrogen and oxygen atoms in total. The zero-order valence-electron chi connectivity index (χ0n) is 17.1. The Labute approximate surface area is 180 Å². The molecule has 1 aromatic heterocycles. The normalized spacial score (nSPS) is 11.7. The highest BCUT2D eigenvalue weighted by Gasteiger charge is 2.12. The van der Waals surface area contributed by atoms with Gasteiger partial charge in [0.2, 0.25) is 17.8 Å². The number of amides is 1. The molecule has 0 saturated carbocycles. The highest BCUT2D eigenvalue weighted by atomic mass is 32.2. The van der Waals surface area contributed by atoms with Gasteiger partial charge < -0.3 is 16.4 Å². The van der Waals surface area contributed by atoms with Gasteiger partial charge in [-0.2, -0.15) is 15.0 Å². The first-order valence-corrected chi connectivity index (χ1v) is 11.0. The highest BCUT2D eigenvalue weighted by molar-refractivity contribution is 7.99. The summed E-state index contributed by atoms with van der Waals surface area (Å²) in [5, 5.41) is 6.13. The summed E-state index contributed by atoms with van der Waals surface area (Å²) in [6, 6.07) is 17.5. The monoisotopic (exact) mass is 422 g/mol. The molecular formula is C22H26N6OS. The van der Waals surface area contributed by atoms with Crippen molar-refractivity contribution in [2.45, 2.75) is 31.9 Å². The molecule has 0 saturated heterocycles. The van der Waals surface area contributed by atoms with Gasteiger partial charge in [-0.1, -0.05) is 50.2 Å².